The van der Waals surface area contributed by atoms with Crippen molar-refractivity contribution in [3.8, 4) is 5.95 Å². The Hall–Kier alpha value is -2.48. The number of nitrogens with zero attached hydrogens (tertiary/aromatic N) is 3. The maximum atomic E-state index is 11.0. The minimum absolute atomic E-state index is 0.0878. The number of carboxylic acids is 1. The van der Waals surface area contributed by atoms with Crippen LogP contribution in [0.5, 0.6) is 0 Å². The first-order valence-corrected chi connectivity index (χ1v) is 10.0. The Bertz CT molecular complexity index is 1180. The molecule has 0 aliphatic carbocycles. The van der Waals surface area contributed by atoms with Crippen LogP contribution in [0.1, 0.15) is 21.5 Å². The maximum absolute atomic E-state index is 11.0. The Morgan fingerprint density at radius 3 is 2.82 bits per heavy atom. The van der Waals surface area contributed by atoms with Crippen molar-refractivity contribution in [3.63, 3.8) is 0 Å². The third-order valence-electron chi connectivity index (χ3n) is 4.29. The number of halogens is 2. The number of aromatic amines is 1. The van der Waals surface area contributed by atoms with Gasteiger partial charge in [0, 0.05) is 21.9 Å². The highest BCUT2D eigenvalue weighted by Gasteiger charge is 2.13. The monoisotopic (exact) mass is 432 g/mol. The first-order valence-electron chi connectivity index (χ1n) is 8.27. The summed E-state index contributed by atoms with van der Waals surface area (Å²) in [4.78, 5) is 19.5. The lowest BCUT2D eigenvalue weighted by Gasteiger charge is -2.09. The molecule has 4 aromatic rings. The van der Waals surface area contributed by atoms with E-state index in [4.69, 9.17) is 28.3 Å². The minimum Gasteiger partial charge on any atom is -0.478 e. The highest BCUT2D eigenvalue weighted by atomic mass is 35.5. The van der Waals surface area contributed by atoms with Gasteiger partial charge in [0.15, 0.2) is 0 Å². The van der Waals surface area contributed by atoms with Crippen molar-refractivity contribution in [2.45, 2.75) is 17.6 Å². The maximum Gasteiger partial charge on any atom is 0.338 e. The summed E-state index contributed by atoms with van der Waals surface area (Å²) in [5, 5.41) is 14.4. The molecule has 0 aliphatic heterocycles. The van der Waals surface area contributed by atoms with Gasteiger partial charge in [-0.25, -0.2) is 14.5 Å². The van der Waals surface area contributed by atoms with Crippen molar-refractivity contribution >= 4 is 52.0 Å². The number of hydrogen-bond donors (Lipinski definition) is 2. The second kappa shape index (κ2) is 7.50. The molecule has 0 atom stereocenters. The summed E-state index contributed by atoms with van der Waals surface area (Å²) in [6.07, 6.45) is 2.67. The molecule has 0 spiro atoms. The molecule has 0 saturated heterocycles. The normalized spacial score (nSPS) is 11.2. The second-order valence-electron chi connectivity index (χ2n) is 6.16. The molecule has 2 heterocycles. The topological polar surface area (TPSA) is 83.8 Å². The third-order valence-corrected chi connectivity index (χ3v) is 6.16. The molecule has 6 nitrogen and oxygen atoms in total. The van der Waals surface area contributed by atoms with Gasteiger partial charge in [0.05, 0.1) is 27.8 Å². The van der Waals surface area contributed by atoms with E-state index in [0.29, 0.717) is 22.2 Å². The lowest BCUT2D eigenvalue weighted by Crippen LogP contribution is -1.97. The van der Waals surface area contributed by atoms with Gasteiger partial charge in [-0.1, -0.05) is 35.3 Å². The molecule has 0 radical (unpaired) electrons. The second-order valence-corrected chi connectivity index (χ2v) is 7.99. The van der Waals surface area contributed by atoms with E-state index >= 15 is 0 Å². The molecule has 0 fully saturated rings. The van der Waals surface area contributed by atoms with E-state index in [-0.39, 0.29) is 5.56 Å². The molecule has 4 rings (SSSR count). The molecular formula is C19H14Cl2N4O2S. The van der Waals surface area contributed by atoms with Crippen LogP contribution in [-0.4, -0.2) is 30.8 Å². The zero-order valence-corrected chi connectivity index (χ0v) is 16.9. The van der Waals surface area contributed by atoms with Gasteiger partial charge in [-0.05, 0) is 36.2 Å². The number of aromatic nitrogens is 4. The summed E-state index contributed by atoms with van der Waals surface area (Å²) in [5.74, 6) is 0.0661. The van der Waals surface area contributed by atoms with Gasteiger partial charge in [0.25, 0.3) is 0 Å². The van der Waals surface area contributed by atoms with Crippen LogP contribution in [0.25, 0.3) is 17.0 Å². The summed E-state index contributed by atoms with van der Waals surface area (Å²) in [5.41, 5.74) is 3.75. The van der Waals surface area contributed by atoms with Crippen molar-refractivity contribution in [2.24, 2.45) is 0 Å². The van der Waals surface area contributed by atoms with Gasteiger partial charge < -0.3 is 10.1 Å². The van der Waals surface area contributed by atoms with Gasteiger partial charge in [0.1, 0.15) is 0 Å². The average Bonchev–Trinajstić information content (AvgIpc) is 3.28. The number of fused-ring (bicyclic) bond motifs is 1. The fraction of sp³-hybridized carbons (Fsp3) is 0.105. The number of H-pyrrole nitrogens is 1. The highest BCUT2D eigenvalue weighted by molar-refractivity contribution is 7.98. The molecule has 9 heteroatoms. The van der Waals surface area contributed by atoms with Crippen molar-refractivity contribution in [1.82, 2.24) is 19.7 Å². The van der Waals surface area contributed by atoms with E-state index < -0.39 is 5.97 Å². The molecule has 0 bridgehead atoms. The zero-order chi connectivity index (χ0) is 19.8. The number of benzene rings is 2. The smallest absolute Gasteiger partial charge is 0.338 e. The third kappa shape index (κ3) is 3.61. The molecule has 0 aliphatic rings. The molecule has 2 aromatic carbocycles. The van der Waals surface area contributed by atoms with E-state index in [0.717, 1.165) is 26.6 Å². The van der Waals surface area contributed by atoms with Crippen LogP contribution in [0.15, 0.2) is 47.6 Å². The number of nitrogens with one attached hydrogen (secondary N) is 1. The fourth-order valence-electron chi connectivity index (χ4n) is 2.77. The summed E-state index contributed by atoms with van der Waals surface area (Å²) >= 11 is 14.3. The van der Waals surface area contributed by atoms with Gasteiger partial charge in [0.2, 0.25) is 5.95 Å². The van der Waals surface area contributed by atoms with Crippen molar-refractivity contribution < 1.29 is 9.90 Å². The Balaban J connectivity index is 1.63. The van der Waals surface area contributed by atoms with E-state index in [1.165, 1.54) is 17.1 Å². The molecule has 0 saturated carbocycles. The quantitative estimate of drug-likeness (QED) is 0.415. The zero-order valence-electron chi connectivity index (χ0n) is 14.6. The Kier molecular flexibility index (Phi) is 5.05. The van der Waals surface area contributed by atoms with Crippen LogP contribution in [0.4, 0.5) is 0 Å². The molecule has 2 aromatic heterocycles. The number of thioether (sulfide) groups is 1. The predicted octanol–water partition coefficient (Wildman–Crippen LogP) is 5.35. The van der Waals surface area contributed by atoms with E-state index in [1.54, 1.807) is 17.8 Å². The number of aromatic carboxylic acids is 1. The highest BCUT2D eigenvalue weighted by Crippen LogP contribution is 2.35. The summed E-state index contributed by atoms with van der Waals surface area (Å²) in [6.45, 7) is 2.03. The van der Waals surface area contributed by atoms with E-state index in [9.17, 15) is 4.79 Å². The SMILES string of the molecule is Cc1cccc(Cl)c1CSc1cc2nc(-n3cc(C(=O)O)cn3)[nH]c2cc1Cl. The Morgan fingerprint density at radius 2 is 2.11 bits per heavy atom. The van der Waals surface area contributed by atoms with E-state index in [2.05, 4.69) is 15.1 Å². The van der Waals surface area contributed by atoms with Gasteiger partial charge >= 0.3 is 5.97 Å². The largest absolute Gasteiger partial charge is 0.478 e. The van der Waals surface area contributed by atoms with Crippen molar-refractivity contribution in [1.29, 1.82) is 0 Å². The van der Waals surface area contributed by atoms with Crippen LogP contribution < -0.4 is 0 Å². The number of rotatable bonds is 5. The van der Waals surface area contributed by atoms with Gasteiger partial charge in [-0.2, -0.15) is 5.10 Å². The Morgan fingerprint density at radius 1 is 1.29 bits per heavy atom. The summed E-state index contributed by atoms with van der Waals surface area (Å²) in [6, 6.07) is 9.54. The lowest BCUT2D eigenvalue weighted by atomic mass is 10.1. The van der Waals surface area contributed by atoms with Crippen molar-refractivity contribution in [2.75, 3.05) is 0 Å². The van der Waals surface area contributed by atoms with Crippen LogP contribution in [0.3, 0.4) is 0 Å². The van der Waals surface area contributed by atoms with Crippen molar-refractivity contribution in [3.05, 3.63) is 69.5 Å². The molecular weight excluding hydrogens is 419 g/mol. The number of imidazole rings is 1. The number of aryl methyl sites for hydroxylation is 1. The van der Waals surface area contributed by atoms with Crippen LogP contribution in [0.2, 0.25) is 10.0 Å². The first-order chi connectivity index (χ1) is 13.4. The summed E-state index contributed by atoms with van der Waals surface area (Å²) in [7, 11) is 0. The lowest BCUT2D eigenvalue weighted by molar-refractivity contribution is 0.0697. The fourth-order valence-corrected chi connectivity index (χ4v) is 4.54. The molecule has 28 heavy (non-hydrogen) atoms. The van der Waals surface area contributed by atoms with Gasteiger partial charge in [-0.3, -0.25) is 0 Å². The average molecular weight is 433 g/mol. The first kappa shape index (κ1) is 18.9. The standard InChI is InChI=1S/C19H14Cl2N4O2S/c1-10-3-2-4-13(20)12(10)9-28-17-6-16-15(5-14(17)21)23-19(24-16)25-8-11(7-22-25)18(26)27/h2-8H,9H2,1H3,(H,23,24)(H,26,27). The number of carbonyl (C=O) groups is 1. The van der Waals surface area contributed by atoms with Crippen LogP contribution in [0, 0.1) is 6.92 Å². The Labute approximate surface area is 174 Å². The molecule has 142 valence electrons. The summed E-state index contributed by atoms with van der Waals surface area (Å²) < 4.78 is 1.39. The van der Waals surface area contributed by atoms with Crippen LogP contribution in [-0.2, 0) is 5.75 Å². The number of hydrogen-bond acceptors (Lipinski definition) is 4. The minimum atomic E-state index is -1.04. The predicted molar refractivity (Wildman–Crippen MR) is 111 cm³/mol. The molecule has 2 N–H and O–H groups in total. The molecule has 0 unspecified atom stereocenters. The molecule has 0 amide bonds. The van der Waals surface area contributed by atoms with Crippen LogP contribution >= 0.6 is 35.0 Å². The number of carboxylic acid groups (broad SMARTS) is 1. The van der Waals surface area contributed by atoms with E-state index in [1.807, 2.05) is 31.2 Å². The van der Waals surface area contributed by atoms with Gasteiger partial charge in [-0.15, -0.1) is 11.8 Å².